The third-order valence-electron chi connectivity index (χ3n) is 3.63. The molecule has 0 aliphatic carbocycles. The van der Waals surface area contributed by atoms with E-state index in [-0.39, 0.29) is 0 Å². The molecule has 0 aliphatic heterocycles. The van der Waals surface area contributed by atoms with Crippen molar-refractivity contribution in [1.82, 2.24) is 15.1 Å². The standard InChI is InChI=1S/C17H25N3/c1-4-10-18-14(3)17-11-19-20(13-17)12-16-8-6-15(5-2)7-9-16/h6-9,11,13-14,18H,4-5,10,12H2,1-3H3. The number of hydrogen-bond donors (Lipinski definition) is 1. The molecular formula is C17H25N3. The summed E-state index contributed by atoms with van der Waals surface area (Å²) < 4.78 is 2.01. The second-order valence-corrected chi connectivity index (χ2v) is 5.32. The first-order valence-electron chi connectivity index (χ1n) is 7.56. The van der Waals surface area contributed by atoms with Gasteiger partial charge in [-0.1, -0.05) is 38.1 Å². The molecule has 0 spiro atoms. The van der Waals surface area contributed by atoms with Crippen LogP contribution < -0.4 is 5.32 Å². The van der Waals surface area contributed by atoms with Gasteiger partial charge in [0.05, 0.1) is 12.7 Å². The Labute approximate surface area is 122 Å². The minimum atomic E-state index is 0.367. The van der Waals surface area contributed by atoms with Crippen molar-refractivity contribution in [3.05, 3.63) is 53.3 Å². The van der Waals surface area contributed by atoms with Crippen molar-refractivity contribution in [2.45, 2.75) is 46.2 Å². The van der Waals surface area contributed by atoms with Crippen molar-refractivity contribution in [3.8, 4) is 0 Å². The van der Waals surface area contributed by atoms with Crippen LogP contribution in [-0.4, -0.2) is 16.3 Å². The number of aromatic nitrogens is 2. The summed E-state index contributed by atoms with van der Waals surface area (Å²) in [6.07, 6.45) is 6.35. The Kier molecular flexibility index (Phi) is 5.36. The minimum Gasteiger partial charge on any atom is -0.310 e. The molecule has 3 heteroatoms. The van der Waals surface area contributed by atoms with E-state index in [0.29, 0.717) is 6.04 Å². The van der Waals surface area contributed by atoms with E-state index in [1.807, 2.05) is 10.9 Å². The summed E-state index contributed by atoms with van der Waals surface area (Å²) in [5.41, 5.74) is 3.93. The fourth-order valence-corrected chi connectivity index (χ4v) is 2.24. The summed E-state index contributed by atoms with van der Waals surface area (Å²) >= 11 is 0. The van der Waals surface area contributed by atoms with Gasteiger partial charge in [0.15, 0.2) is 0 Å². The van der Waals surface area contributed by atoms with Crippen molar-refractivity contribution in [2.75, 3.05) is 6.54 Å². The van der Waals surface area contributed by atoms with Gasteiger partial charge in [-0.25, -0.2) is 0 Å². The third-order valence-corrected chi connectivity index (χ3v) is 3.63. The van der Waals surface area contributed by atoms with Gasteiger partial charge in [-0.05, 0) is 37.4 Å². The number of hydrogen-bond acceptors (Lipinski definition) is 2. The highest BCUT2D eigenvalue weighted by molar-refractivity contribution is 5.23. The zero-order chi connectivity index (χ0) is 14.4. The summed E-state index contributed by atoms with van der Waals surface area (Å²) in [4.78, 5) is 0. The zero-order valence-corrected chi connectivity index (χ0v) is 12.8. The Bertz CT molecular complexity index is 513. The molecule has 0 saturated heterocycles. The quantitative estimate of drug-likeness (QED) is 0.834. The maximum absolute atomic E-state index is 4.46. The predicted molar refractivity (Wildman–Crippen MR) is 83.9 cm³/mol. The number of rotatable bonds is 7. The van der Waals surface area contributed by atoms with Crippen LogP contribution in [0.4, 0.5) is 0 Å². The first-order valence-corrected chi connectivity index (χ1v) is 7.56. The van der Waals surface area contributed by atoms with Crippen molar-refractivity contribution in [3.63, 3.8) is 0 Å². The fourth-order valence-electron chi connectivity index (χ4n) is 2.24. The van der Waals surface area contributed by atoms with Crippen molar-refractivity contribution >= 4 is 0 Å². The summed E-state index contributed by atoms with van der Waals surface area (Å²) in [6.45, 7) is 8.44. The number of aryl methyl sites for hydroxylation is 1. The summed E-state index contributed by atoms with van der Waals surface area (Å²) in [7, 11) is 0. The highest BCUT2D eigenvalue weighted by Crippen LogP contribution is 2.12. The van der Waals surface area contributed by atoms with Crippen molar-refractivity contribution in [1.29, 1.82) is 0 Å². The van der Waals surface area contributed by atoms with Gasteiger partial charge in [-0.2, -0.15) is 5.10 Å². The second kappa shape index (κ2) is 7.25. The van der Waals surface area contributed by atoms with Crippen LogP contribution in [0.2, 0.25) is 0 Å². The normalized spacial score (nSPS) is 12.6. The van der Waals surface area contributed by atoms with Crippen LogP contribution in [0.25, 0.3) is 0 Å². The molecule has 1 heterocycles. The predicted octanol–water partition coefficient (Wildman–Crippen LogP) is 3.55. The molecule has 1 aromatic heterocycles. The Morgan fingerprint density at radius 3 is 2.50 bits per heavy atom. The molecule has 0 saturated carbocycles. The Balaban J connectivity index is 1.97. The summed E-state index contributed by atoms with van der Waals surface area (Å²) in [6, 6.07) is 9.15. The molecule has 0 bridgehead atoms. The highest BCUT2D eigenvalue weighted by atomic mass is 15.3. The monoisotopic (exact) mass is 271 g/mol. The first kappa shape index (κ1) is 14.8. The van der Waals surface area contributed by atoms with Crippen LogP contribution in [0.3, 0.4) is 0 Å². The van der Waals surface area contributed by atoms with Gasteiger partial charge >= 0.3 is 0 Å². The SMILES string of the molecule is CCCNC(C)c1cnn(Cc2ccc(CC)cc2)c1. The smallest absolute Gasteiger partial charge is 0.0659 e. The third kappa shape index (κ3) is 3.94. The van der Waals surface area contributed by atoms with Crippen LogP contribution in [0.1, 0.15) is 49.9 Å². The van der Waals surface area contributed by atoms with Gasteiger partial charge in [0, 0.05) is 17.8 Å². The van der Waals surface area contributed by atoms with Gasteiger partial charge in [0.2, 0.25) is 0 Å². The number of nitrogens with one attached hydrogen (secondary N) is 1. The molecule has 108 valence electrons. The molecule has 2 rings (SSSR count). The van der Waals surface area contributed by atoms with Crippen molar-refractivity contribution in [2.24, 2.45) is 0 Å². The maximum Gasteiger partial charge on any atom is 0.0659 e. The van der Waals surface area contributed by atoms with Crippen LogP contribution >= 0.6 is 0 Å². The number of nitrogens with zero attached hydrogens (tertiary/aromatic N) is 2. The molecular weight excluding hydrogens is 246 g/mol. The lowest BCUT2D eigenvalue weighted by Crippen LogP contribution is -2.18. The van der Waals surface area contributed by atoms with Gasteiger partial charge in [0.1, 0.15) is 0 Å². The highest BCUT2D eigenvalue weighted by Gasteiger charge is 2.07. The average Bonchev–Trinajstić information content (AvgIpc) is 2.94. The fraction of sp³-hybridized carbons (Fsp3) is 0.471. The van der Waals surface area contributed by atoms with Crippen LogP contribution in [-0.2, 0) is 13.0 Å². The Morgan fingerprint density at radius 1 is 1.15 bits per heavy atom. The molecule has 0 radical (unpaired) electrons. The first-order chi connectivity index (χ1) is 9.72. The van der Waals surface area contributed by atoms with Gasteiger partial charge < -0.3 is 5.32 Å². The molecule has 1 aromatic carbocycles. The average molecular weight is 271 g/mol. The molecule has 0 aliphatic rings. The van der Waals surface area contributed by atoms with Crippen LogP contribution in [0.15, 0.2) is 36.7 Å². The van der Waals surface area contributed by atoms with E-state index in [1.54, 1.807) is 0 Å². The van der Waals surface area contributed by atoms with E-state index < -0.39 is 0 Å². The lowest BCUT2D eigenvalue weighted by Gasteiger charge is -2.10. The van der Waals surface area contributed by atoms with Crippen molar-refractivity contribution < 1.29 is 0 Å². The van der Waals surface area contributed by atoms with E-state index in [1.165, 1.54) is 16.7 Å². The van der Waals surface area contributed by atoms with E-state index in [2.05, 4.69) is 61.6 Å². The topological polar surface area (TPSA) is 29.9 Å². The van der Waals surface area contributed by atoms with E-state index >= 15 is 0 Å². The maximum atomic E-state index is 4.46. The van der Waals surface area contributed by atoms with E-state index in [0.717, 1.165) is 25.9 Å². The molecule has 2 aromatic rings. The Morgan fingerprint density at radius 2 is 1.85 bits per heavy atom. The van der Waals surface area contributed by atoms with Crippen LogP contribution in [0, 0.1) is 0 Å². The Hall–Kier alpha value is -1.61. The van der Waals surface area contributed by atoms with Crippen LogP contribution in [0.5, 0.6) is 0 Å². The van der Waals surface area contributed by atoms with Gasteiger partial charge in [0.25, 0.3) is 0 Å². The molecule has 3 nitrogen and oxygen atoms in total. The molecule has 0 amide bonds. The minimum absolute atomic E-state index is 0.367. The molecule has 1 N–H and O–H groups in total. The molecule has 1 atom stereocenters. The zero-order valence-electron chi connectivity index (χ0n) is 12.8. The molecule has 0 fully saturated rings. The molecule has 1 unspecified atom stereocenters. The largest absolute Gasteiger partial charge is 0.310 e. The van der Waals surface area contributed by atoms with Gasteiger partial charge in [-0.15, -0.1) is 0 Å². The lowest BCUT2D eigenvalue weighted by atomic mass is 10.1. The molecule has 20 heavy (non-hydrogen) atoms. The summed E-state index contributed by atoms with van der Waals surface area (Å²) in [5, 5.41) is 7.95. The second-order valence-electron chi connectivity index (χ2n) is 5.32. The number of benzene rings is 1. The van der Waals surface area contributed by atoms with Gasteiger partial charge in [-0.3, -0.25) is 4.68 Å². The van der Waals surface area contributed by atoms with E-state index in [4.69, 9.17) is 0 Å². The summed E-state index contributed by atoms with van der Waals surface area (Å²) in [5.74, 6) is 0. The van der Waals surface area contributed by atoms with E-state index in [9.17, 15) is 0 Å². The lowest BCUT2D eigenvalue weighted by molar-refractivity contribution is 0.569.